The van der Waals surface area contributed by atoms with E-state index < -0.39 is 0 Å². The van der Waals surface area contributed by atoms with Gasteiger partial charge in [-0.2, -0.15) is 0 Å². The Morgan fingerprint density at radius 2 is 2.12 bits per heavy atom. The average molecular weight is 371 g/mol. The molecular weight excluding hydrogens is 350 g/mol. The lowest BCUT2D eigenvalue weighted by Crippen LogP contribution is -2.35. The van der Waals surface area contributed by atoms with Crippen LogP contribution in [0.4, 0.5) is 0 Å². The van der Waals surface area contributed by atoms with Gasteiger partial charge in [-0.1, -0.05) is 29.2 Å². The molecule has 1 aliphatic rings. The standard InChI is InChI=1S/C19H21N3O3S/c1-12-18(13(2)24-20-12)19(23)22-9-5-3-4-7-15(22)14-11-16(25-21-14)17-8-6-10-26-17/h6,8,10-11,15H,3-5,7,9H2,1-2H3/t15-/m1/s1. The molecule has 0 spiro atoms. The first-order valence-corrected chi connectivity index (χ1v) is 9.77. The van der Waals surface area contributed by atoms with E-state index in [9.17, 15) is 4.79 Å². The number of carbonyl (C=O) groups is 1. The van der Waals surface area contributed by atoms with Crippen LogP contribution in [-0.4, -0.2) is 27.7 Å². The molecule has 4 heterocycles. The maximum Gasteiger partial charge on any atom is 0.259 e. The summed E-state index contributed by atoms with van der Waals surface area (Å²) in [7, 11) is 0. The van der Waals surface area contributed by atoms with Crippen molar-refractivity contribution in [3.63, 3.8) is 0 Å². The van der Waals surface area contributed by atoms with Crippen molar-refractivity contribution in [1.29, 1.82) is 0 Å². The normalized spacial score (nSPS) is 18.1. The molecule has 0 unspecified atom stereocenters. The highest BCUT2D eigenvalue weighted by Gasteiger charge is 2.32. The van der Waals surface area contributed by atoms with Crippen LogP contribution in [0, 0.1) is 13.8 Å². The Morgan fingerprint density at radius 3 is 2.85 bits per heavy atom. The Bertz CT molecular complexity index is 878. The number of amides is 1. The van der Waals surface area contributed by atoms with E-state index in [2.05, 4.69) is 10.3 Å². The first kappa shape index (κ1) is 17.0. The van der Waals surface area contributed by atoms with Gasteiger partial charge in [-0.05, 0) is 38.1 Å². The van der Waals surface area contributed by atoms with Crippen LogP contribution in [-0.2, 0) is 0 Å². The van der Waals surface area contributed by atoms with Gasteiger partial charge in [0.05, 0.1) is 16.6 Å². The van der Waals surface area contributed by atoms with Crippen molar-refractivity contribution in [1.82, 2.24) is 15.2 Å². The monoisotopic (exact) mass is 371 g/mol. The van der Waals surface area contributed by atoms with E-state index in [0.29, 0.717) is 23.6 Å². The van der Waals surface area contributed by atoms with E-state index >= 15 is 0 Å². The van der Waals surface area contributed by atoms with Gasteiger partial charge in [0.2, 0.25) is 0 Å². The van der Waals surface area contributed by atoms with E-state index in [0.717, 1.165) is 42.0 Å². The van der Waals surface area contributed by atoms with Crippen molar-refractivity contribution in [2.45, 2.75) is 45.6 Å². The molecule has 0 bridgehead atoms. The number of aromatic nitrogens is 2. The number of nitrogens with zero attached hydrogens (tertiary/aromatic N) is 3. The lowest BCUT2D eigenvalue weighted by molar-refractivity contribution is 0.0671. The molecule has 0 aromatic carbocycles. The zero-order chi connectivity index (χ0) is 18.1. The Morgan fingerprint density at radius 1 is 1.23 bits per heavy atom. The summed E-state index contributed by atoms with van der Waals surface area (Å²) in [5.41, 5.74) is 2.02. The van der Waals surface area contributed by atoms with Crippen LogP contribution in [0.1, 0.15) is 59.2 Å². The lowest BCUT2D eigenvalue weighted by Gasteiger charge is -2.28. The third-order valence-corrected chi connectivity index (χ3v) is 5.78. The molecule has 7 heteroatoms. The molecule has 3 aromatic heterocycles. The zero-order valence-electron chi connectivity index (χ0n) is 14.9. The van der Waals surface area contributed by atoms with Gasteiger partial charge in [0.25, 0.3) is 5.91 Å². The molecular formula is C19H21N3O3S. The van der Waals surface area contributed by atoms with Gasteiger partial charge in [0.15, 0.2) is 5.76 Å². The van der Waals surface area contributed by atoms with Gasteiger partial charge in [0.1, 0.15) is 17.0 Å². The average Bonchev–Trinajstić information content (AvgIpc) is 3.34. The third-order valence-electron chi connectivity index (χ3n) is 4.89. The molecule has 0 N–H and O–H groups in total. The first-order valence-electron chi connectivity index (χ1n) is 8.89. The van der Waals surface area contributed by atoms with Crippen LogP contribution in [0.25, 0.3) is 10.6 Å². The number of aryl methyl sites for hydroxylation is 2. The van der Waals surface area contributed by atoms with Crippen molar-refractivity contribution in [2.75, 3.05) is 6.54 Å². The summed E-state index contributed by atoms with van der Waals surface area (Å²) in [5, 5.41) is 10.2. The minimum Gasteiger partial charge on any atom is -0.361 e. The van der Waals surface area contributed by atoms with Gasteiger partial charge >= 0.3 is 0 Å². The summed E-state index contributed by atoms with van der Waals surface area (Å²) in [6.07, 6.45) is 4.04. The fourth-order valence-electron chi connectivity index (χ4n) is 3.57. The highest BCUT2D eigenvalue weighted by molar-refractivity contribution is 7.13. The summed E-state index contributed by atoms with van der Waals surface area (Å²) < 4.78 is 10.8. The number of thiophene rings is 1. The Balaban J connectivity index is 1.67. The van der Waals surface area contributed by atoms with Crippen LogP contribution < -0.4 is 0 Å². The van der Waals surface area contributed by atoms with E-state index in [-0.39, 0.29) is 11.9 Å². The highest BCUT2D eigenvalue weighted by atomic mass is 32.1. The fraction of sp³-hybridized carbons (Fsp3) is 0.421. The van der Waals surface area contributed by atoms with Crippen molar-refractivity contribution < 1.29 is 13.8 Å². The van der Waals surface area contributed by atoms with Crippen molar-refractivity contribution in [3.8, 4) is 10.6 Å². The van der Waals surface area contributed by atoms with Gasteiger partial charge in [-0.25, -0.2) is 0 Å². The van der Waals surface area contributed by atoms with Crippen LogP contribution >= 0.6 is 11.3 Å². The fourth-order valence-corrected chi connectivity index (χ4v) is 4.24. The lowest BCUT2D eigenvalue weighted by atomic mass is 10.0. The van der Waals surface area contributed by atoms with Crippen LogP contribution in [0.5, 0.6) is 0 Å². The minimum absolute atomic E-state index is 0.0335. The Hall–Kier alpha value is -2.41. The molecule has 26 heavy (non-hydrogen) atoms. The van der Waals surface area contributed by atoms with Gasteiger partial charge in [-0.15, -0.1) is 11.3 Å². The molecule has 6 nitrogen and oxygen atoms in total. The number of hydrogen-bond donors (Lipinski definition) is 0. The van der Waals surface area contributed by atoms with Gasteiger partial charge in [-0.3, -0.25) is 4.79 Å². The predicted molar refractivity (Wildman–Crippen MR) is 98.0 cm³/mol. The molecule has 1 aliphatic heterocycles. The predicted octanol–water partition coefficient (Wildman–Crippen LogP) is 4.77. The van der Waals surface area contributed by atoms with Crippen LogP contribution in [0.15, 0.2) is 32.6 Å². The molecule has 0 aliphatic carbocycles. The largest absolute Gasteiger partial charge is 0.361 e. The number of rotatable bonds is 3. The SMILES string of the molecule is Cc1noc(C)c1C(=O)N1CCCCC[C@@H]1c1cc(-c2cccs2)on1. The molecule has 4 rings (SSSR count). The van der Waals surface area contributed by atoms with Crippen molar-refractivity contribution in [3.05, 3.63) is 46.3 Å². The summed E-state index contributed by atoms with van der Waals surface area (Å²) >= 11 is 1.61. The quantitative estimate of drug-likeness (QED) is 0.663. The second kappa shape index (κ2) is 7.07. The second-order valence-corrected chi connectivity index (χ2v) is 7.60. The molecule has 1 atom stereocenters. The molecule has 0 radical (unpaired) electrons. The topological polar surface area (TPSA) is 72.4 Å². The van der Waals surface area contributed by atoms with Crippen molar-refractivity contribution in [2.24, 2.45) is 0 Å². The first-order chi connectivity index (χ1) is 12.6. The van der Waals surface area contributed by atoms with Crippen LogP contribution in [0.3, 0.4) is 0 Å². The molecule has 1 fully saturated rings. The Labute approximate surface area is 155 Å². The smallest absolute Gasteiger partial charge is 0.259 e. The molecule has 136 valence electrons. The minimum atomic E-state index is -0.0869. The number of hydrogen-bond acceptors (Lipinski definition) is 6. The summed E-state index contributed by atoms with van der Waals surface area (Å²) in [4.78, 5) is 16.2. The van der Waals surface area contributed by atoms with E-state index in [1.807, 2.05) is 35.4 Å². The third kappa shape index (κ3) is 3.07. The molecule has 3 aromatic rings. The maximum absolute atomic E-state index is 13.2. The van der Waals surface area contributed by atoms with Gasteiger partial charge in [0, 0.05) is 12.6 Å². The Kier molecular flexibility index (Phi) is 4.63. The summed E-state index contributed by atoms with van der Waals surface area (Å²) in [6, 6.07) is 5.88. The zero-order valence-corrected chi connectivity index (χ0v) is 15.7. The van der Waals surface area contributed by atoms with Crippen LogP contribution in [0.2, 0.25) is 0 Å². The van der Waals surface area contributed by atoms with Gasteiger partial charge < -0.3 is 13.9 Å². The number of likely N-dealkylation sites (tertiary alicyclic amines) is 1. The maximum atomic E-state index is 13.2. The molecule has 1 amide bonds. The second-order valence-electron chi connectivity index (χ2n) is 6.66. The molecule has 0 saturated carbocycles. The summed E-state index contributed by atoms with van der Waals surface area (Å²) in [5.74, 6) is 1.28. The van der Waals surface area contributed by atoms with E-state index in [1.54, 1.807) is 18.3 Å². The summed E-state index contributed by atoms with van der Waals surface area (Å²) in [6.45, 7) is 4.29. The van der Waals surface area contributed by atoms with E-state index in [4.69, 9.17) is 9.05 Å². The van der Waals surface area contributed by atoms with Crippen molar-refractivity contribution >= 4 is 17.2 Å². The van der Waals surface area contributed by atoms with E-state index in [1.165, 1.54) is 0 Å². The highest BCUT2D eigenvalue weighted by Crippen LogP contribution is 2.34. The molecule has 1 saturated heterocycles. The number of carbonyl (C=O) groups excluding carboxylic acids is 1.